The van der Waals surface area contributed by atoms with Crippen molar-refractivity contribution in [3.05, 3.63) is 76.7 Å². The molecule has 2 aromatic carbocycles. The molecular formula is C33H38N6O5S. The summed E-state index contributed by atoms with van der Waals surface area (Å²) >= 11 is 1.18. The van der Waals surface area contributed by atoms with Gasteiger partial charge in [0.2, 0.25) is 0 Å². The van der Waals surface area contributed by atoms with Gasteiger partial charge in [-0.05, 0) is 68.2 Å². The first-order chi connectivity index (χ1) is 22.0. The first-order valence-electron chi connectivity index (χ1n) is 15.5. The smallest absolute Gasteiger partial charge is 0.435 e. The van der Waals surface area contributed by atoms with E-state index >= 15 is 0 Å². The number of nitrogens with zero attached hydrogens (tertiary/aromatic N) is 4. The number of thiophene rings is 1. The zero-order valence-corrected chi connectivity index (χ0v) is 26.2. The Bertz CT molecular complexity index is 1620. The predicted molar refractivity (Wildman–Crippen MR) is 174 cm³/mol. The van der Waals surface area contributed by atoms with E-state index in [2.05, 4.69) is 25.5 Å². The fourth-order valence-electron chi connectivity index (χ4n) is 5.69. The van der Waals surface area contributed by atoms with E-state index in [1.165, 1.54) is 11.3 Å². The molecule has 0 aliphatic carbocycles. The van der Waals surface area contributed by atoms with Gasteiger partial charge >= 0.3 is 6.09 Å². The van der Waals surface area contributed by atoms with Gasteiger partial charge in [0.25, 0.3) is 11.8 Å². The molecular weight excluding hydrogens is 592 g/mol. The van der Waals surface area contributed by atoms with Gasteiger partial charge in [-0.25, -0.2) is 4.79 Å². The van der Waals surface area contributed by atoms with Gasteiger partial charge in [-0.1, -0.05) is 37.3 Å². The summed E-state index contributed by atoms with van der Waals surface area (Å²) in [6, 6.07) is 18.7. The number of benzene rings is 2. The third-order valence-electron chi connectivity index (χ3n) is 8.07. The van der Waals surface area contributed by atoms with Gasteiger partial charge in [0.15, 0.2) is 5.82 Å². The molecule has 0 spiro atoms. The fourth-order valence-corrected chi connectivity index (χ4v) is 6.67. The molecule has 4 aromatic rings. The lowest BCUT2D eigenvalue weighted by Gasteiger charge is -2.28. The van der Waals surface area contributed by atoms with E-state index in [9.17, 15) is 14.4 Å². The number of carbonyl (C=O) groups is 3. The largest absolute Gasteiger partial charge is 0.448 e. The molecule has 2 fully saturated rings. The maximum absolute atomic E-state index is 13.7. The second-order valence-electron chi connectivity index (χ2n) is 11.2. The molecule has 236 valence electrons. The van der Waals surface area contributed by atoms with Crippen LogP contribution in [0.2, 0.25) is 0 Å². The topological polar surface area (TPSA) is 118 Å². The Morgan fingerprint density at radius 1 is 0.978 bits per heavy atom. The van der Waals surface area contributed by atoms with Gasteiger partial charge in [-0.15, -0.1) is 16.4 Å². The molecule has 2 aliphatic heterocycles. The van der Waals surface area contributed by atoms with Crippen molar-refractivity contribution in [3.63, 3.8) is 0 Å². The van der Waals surface area contributed by atoms with Gasteiger partial charge in [-0.3, -0.25) is 9.59 Å². The average molecular weight is 631 g/mol. The van der Waals surface area contributed by atoms with Crippen LogP contribution in [0.15, 0.2) is 60.7 Å². The highest BCUT2D eigenvalue weighted by atomic mass is 32.1. The molecule has 0 radical (unpaired) electrons. The highest BCUT2D eigenvalue weighted by Gasteiger charge is 2.26. The summed E-state index contributed by atoms with van der Waals surface area (Å²) < 4.78 is 12.4. The van der Waals surface area contributed by atoms with E-state index in [0.717, 1.165) is 55.0 Å². The third kappa shape index (κ3) is 7.19. The summed E-state index contributed by atoms with van der Waals surface area (Å²) in [5, 5.41) is 10.5. The van der Waals surface area contributed by atoms with Crippen molar-refractivity contribution >= 4 is 51.0 Å². The lowest BCUT2D eigenvalue weighted by molar-refractivity contribution is 0.0930. The molecule has 0 saturated carbocycles. The van der Waals surface area contributed by atoms with Crippen molar-refractivity contribution in [1.82, 2.24) is 20.0 Å². The van der Waals surface area contributed by atoms with Crippen LogP contribution in [-0.4, -0.2) is 85.1 Å². The standard InChI is InChI=1S/C33H38N6O5S/c1-2-18-44-33(42)39-27-21-28(32(41)34-26(22-37-14-6-7-15-37)23-8-4-3-5-9-23)45-29(27)30(36-39)35-31(40)24-10-12-25(13-11-24)38-16-19-43-20-17-38/h3-5,8-13,21,26H,2,6-7,14-20,22H2,1H3,(H,34,41)(H,35,36,40). The number of ether oxygens (including phenoxy) is 2. The molecule has 1 atom stereocenters. The minimum Gasteiger partial charge on any atom is -0.448 e. The molecule has 2 aromatic heterocycles. The van der Waals surface area contributed by atoms with Crippen LogP contribution in [0.5, 0.6) is 0 Å². The normalized spacial score (nSPS) is 16.1. The molecule has 0 bridgehead atoms. The molecule has 11 nitrogen and oxygen atoms in total. The molecule has 2 saturated heterocycles. The van der Waals surface area contributed by atoms with Crippen molar-refractivity contribution in [3.8, 4) is 0 Å². The van der Waals surface area contributed by atoms with Crippen LogP contribution >= 0.6 is 11.3 Å². The average Bonchev–Trinajstić information content (AvgIpc) is 3.83. The Hall–Kier alpha value is -4.26. The molecule has 12 heteroatoms. The van der Waals surface area contributed by atoms with Gasteiger partial charge in [0.05, 0.1) is 41.0 Å². The number of aromatic nitrogens is 2. The summed E-state index contributed by atoms with van der Waals surface area (Å²) in [6.45, 7) is 7.81. The summed E-state index contributed by atoms with van der Waals surface area (Å²) in [4.78, 5) is 44.9. The van der Waals surface area contributed by atoms with Gasteiger partial charge in [0, 0.05) is 30.9 Å². The molecule has 45 heavy (non-hydrogen) atoms. The minimum absolute atomic E-state index is 0.196. The number of hydrogen-bond acceptors (Lipinski definition) is 9. The highest BCUT2D eigenvalue weighted by molar-refractivity contribution is 7.21. The van der Waals surface area contributed by atoms with E-state index in [4.69, 9.17) is 9.47 Å². The van der Waals surface area contributed by atoms with E-state index in [-0.39, 0.29) is 30.3 Å². The van der Waals surface area contributed by atoms with Crippen LogP contribution in [0.4, 0.5) is 16.3 Å². The predicted octanol–water partition coefficient (Wildman–Crippen LogP) is 5.15. The number of rotatable bonds is 10. The Balaban J connectivity index is 1.25. The van der Waals surface area contributed by atoms with Gasteiger partial charge in [0.1, 0.15) is 0 Å². The molecule has 2 aliphatic rings. The van der Waals surface area contributed by atoms with E-state index in [1.807, 2.05) is 49.4 Å². The highest BCUT2D eigenvalue weighted by Crippen LogP contribution is 2.33. The molecule has 1 unspecified atom stereocenters. The number of anilines is 2. The van der Waals surface area contributed by atoms with Crippen LogP contribution in [0, 0.1) is 0 Å². The quantitative estimate of drug-likeness (QED) is 0.247. The zero-order chi connectivity index (χ0) is 31.2. The van der Waals surface area contributed by atoms with Gasteiger partial charge in [-0.2, -0.15) is 4.68 Å². The summed E-state index contributed by atoms with van der Waals surface area (Å²) in [5.74, 6) is -0.429. The monoisotopic (exact) mass is 630 g/mol. The SMILES string of the molecule is CCCOC(=O)n1nc(NC(=O)c2ccc(N3CCOCC3)cc2)c2sc(C(=O)NC(CN3CCCC3)c3ccccc3)cc21. The summed E-state index contributed by atoms with van der Waals surface area (Å²) in [6.07, 6.45) is 2.29. The minimum atomic E-state index is -0.668. The summed E-state index contributed by atoms with van der Waals surface area (Å²) in [5.41, 5.74) is 2.90. The van der Waals surface area contributed by atoms with Crippen LogP contribution in [-0.2, 0) is 9.47 Å². The second kappa shape index (κ2) is 14.2. The number of carbonyl (C=O) groups excluding carboxylic acids is 3. The first kappa shape index (κ1) is 30.8. The van der Waals surface area contributed by atoms with E-state index in [0.29, 0.717) is 46.8 Å². The van der Waals surface area contributed by atoms with Crippen molar-refractivity contribution in [1.29, 1.82) is 0 Å². The number of fused-ring (bicyclic) bond motifs is 1. The molecule has 2 amide bonds. The lowest BCUT2D eigenvalue weighted by atomic mass is 10.1. The van der Waals surface area contributed by atoms with Crippen molar-refractivity contribution in [2.45, 2.75) is 32.2 Å². The summed E-state index contributed by atoms with van der Waals surface area (Å²) in [7, 11) is 0. The number of likely N-dealkylation sites (tertiary alicyclic amines) is 1. The van der Waals surface area contributed by atoms with Crippen molar-refractivity contribution in [2.75, 3.05) is 62.8 Å². The van der Waals surface area contributed by atoms with Crippen molar-refractivity contribution in [2.24, 2.45) is 0 Å². The van der Waals surface area contributed by atoms with E-state index < -0.39 is 6.09 Å². The molecule has 6 rings (SSSR count). The second-order valence-corrected chi connectivity index (χ2v) is 12.3. The molecule has 4 heterocycles. The maximum atomic E-state index is 13.7. The third-order valence-corrected chi connectivity index (χ3v) is 9.20. The maximum Gasteiger partial charge on any atom is 0.435 e. The first-order valence-corrected chi connectivity index (χ1v) is 16.3. The number of hydrogen-bond donors (Lipinski definition) is 2. The molecule has 2 N–H and O–H groups in total. The van der Waals surface area contributed by atoms with Crippen LogP contribution in [0.25, 0.3) is 10.2 Å². The van der Waals surface area contributed by atoms with Crippen molar-refractivity contribution < 1.29 is 23.9 Å². The van der Waals surface area contributed by atoms with Crippen LogP contribution in [0.3, 0.4) is 0 Å². The van der Waals surface area contributed by atoms with Gasteiger partial charge < -0.3 is 29.9 Å². The van der Waals surface area contributed by atoms with E-state index in [1.54, 1.807) is 18.2 Å². The number of morpholine rings is 1. The Morgan fingerprint density at radius 2 is 1.71 bits per heavy atom. The Labute approximate surface area is 266 Å². The Morgan fingerprint density at radius 3 is 2.42 bits per heavy atom. The lowest BCUT2D eigenvalue weighted by Crippen LogP contribution is -2.36. The van der Waals surface area contributed by atoms with Crippen LogP contribution in [0.1, 0.15) is 57.8 Å². The number of amides is 2. The zero-order valence-electron chi connectivity index (χ0n) is 25.4. The fraction of sp³-hybridized carbons (Fsp3) is 0.394. The Kier molecular flexibility index (Phi) is 9.72. The van der Waals surface area contributed by atoms with Crippen LogP contribution < -0.4 is 15.5 Å². The number of nitrogens with one attached hydrogen (secondary N) is 2.